The number of hydrogen-bond acceptors (Lipinski definition) is 3. The molecule has 3 aromatic rings. The van der Waals surface area contributed by atoms with Crippen molar-refractivity contribution in [1.82, 2.24) is 9.78 Å². The highest BCUT2D eigenvalue weighted by Gasteiger charge is 2.20. The van der Waals surface area contributed by atoms with Crippen LogP contribution in [0.25, 0.3) is 10.8 Å². The molecule has 0 saturated heterocycles. The fourth-order valence-corrected chi connectivity index (χ4v) is 3.54. The fourth-order valence-electron chi connectivity index (χ4n) is 2.26. The molecular weight excluding hydrogens is 286 g/mol. The number of rotatable bonds is 3. The van der Waals surface area contributed by atoms with Gasteiger partial charge in [-0.05, 0) is 18.4 Å². The normalized spacial score (nSPS) is 11.7. The largest absolute Gasteiger partial charge is 0.279 e. The van der Waals surface area contributed by atoms with E-state index in [9.17, 15) is 8.42 Å². The maximum Gasteiger partial charge on any atom is 0.265 e. The first-order chi connectivity index (χ1) is 9.99. The molecule has 0 bridgehead atoms. The minimum absolute atomic E-state index is 0.193. The smallest absolute Gasteiger partial charge is 0.265 e. The molecule has 1 N–H and O–H groups in total. The summed E-state index contributed by atoms with van der Waals surface area (Å²) in [5.41, 5.74) is 1.17. The zero-order chi connectivity index (χ0) is 15.0. The summed E-state index contributed by atoms with van der Waals surface area (Å²) >= 11 is 0. The van der Waals surface area contributed by atoms with Crippen LogP contribution in [0, 0.1) is 6.92 Å². The van der Waals surface area contributed by atoms with Crippen molar-refractivity contribution in [2.75, 3.05) is 4.72 Å². The second kappa shape index (κ2) is 4.89. The van der Waals surface area contributed by atoms with Crippen LogP contribution in [0.2, 0.25) is 0 Å². The Labute approximate surface area is 123 Å². The second-order valence-electron chi connectivity index (χ2n) is 4.85. The summed E-state index contributed by atoms with van der Waals surface area (Å²) in [6, 6.07) is 13.2. The number of hydrogen-bond donors (Lipinski definition) is 1. The molecule has 6 heteroatoms. The number of nitrogens with one attached hydrogen (secondary N) is 1. The second-order valence-corrected chi connectivity index (χ2v) is 6.50. The SMILES string of the molecule is Cc1c(S(=O)(=O)Nc2cccc3ccccc23)cnn1C. The van der Waals surface area contributed by atoms with E-state index in [-0.39, 0.29) is 4.90 Å². The van der Waals surface area contributed by atoms with E-state index >= 15 is 0 Å². The van der Waals surface area contributed by atoms with E-state index in [0.29, 0.717) is 11.4 Å². The first-order valence-corrected chi connectivity index (χ1v) is 7.96. The van der Waals surface area contributed by atoms with Crippen molar-refractivity contribution in [2.24, 2.45) is 7.05 Å². The fraction of sp³-hybridized carbons (Fsp3) is 0.133. The highest BCUT2D eigenvalue weighted by atomic mass is 32.2. The van der Waals surface area contributed by atoms with Crippen molar-refractivity contribution < 1.29 is 8.42 Å². The first kappa shape index (κ1) is 13.6. The molecule has 0 aliphatic heterocycles. The number of fused-ring (bicyclic) bond motifs is 1. The Morgan fingerprint density at radius 3 is 2.52 bits per heavy atom. The summed E-state index contributed by atoms with van der Waals surface area (Å²) in [4.78, 5) is 0.193. The Morgan fingerprint density at radius 2 is 1.81 bits per heavy atom. The van der Waals surface area contributed by atoms with Gasteiger partial charge in [0.1, 0.15) is 4.90 Å². The summed E-state index contributed by atoms with van der Waals surface area (Å²) < 4.78 is 29.2. The molecule has 0 atom stereocenters. The molecule has 0 aliphatic rings. The van der Waals surface area contributed by atoms with Gasteiger partial charge in [0, 0.05) is 12.4 Å². The molecule has 0 unspecified atom stereocenters. The lowest BCUT2D eigenvalue weighted by Crippen LogP contribution is -2.14. The van der Waals surface area contributed by atoms with Gasteiger partial charge in [-0.1, -0.05) is 36.4 Å². The molecule has 0 fully saturated rings. The van der Waals surface area contributed by atoms with Gasteiger partial charge >= 0.3 is 0 Å². The van der Waals surface area contributed by atoms with Crippen molar-refractivity contribution >= 4 is 26.5 Å². The molecule has 0 amide bonds. The minimum atomic E-state index is -3.65. The number of anilines is 1. The topological polar surface area (TPSA) is 64.0 Å². The van der Waals surface area contributed by atoms with Gasteiger partial charge in [-0.15, -0.1) is 0 Å². The molecule has 0 radical (unpaired) electrons. The standard InChI is InChI=1S/C15H15N3O2S/c1-11-15(10-16-18(11)2)21(19,20)17-14-9-5-7-12-6-3-4-8-13(12)14/h3-10,17H,1-2H3. The van der Waals surface area contributed by atoms with Crippen LogP contribution in [0.15, 0.2) is 53.6 Å². The van der Waals surface area contributed by atoms with E-state index in [2.05, 4.69) is 9.82 Å². The average molecular weight is 301 g/mol. The van der Waals surface area contributed by atoms with Gasteiger partial charge in [-0.2, -0.15) is 5.10 Å². The third kappa shape index (κ3) is 2.38. The zero-order valence-corrected chi connectivity index (χ0v) is 12.6. The predicted octanol–water partition coefficient (Wildman–Crippen LogP) is 2.68. The monoisotopic (exact) mass is 301 g/mol. The van der Waals surface area contributed by atoms with Gasteiger partial charge in [0.2, 0.25) is 0 Å². The Kier molecular flexibility index (Phi) is 3.17. The van der Waals surface area contributed by atoms with Crippen molar-refractivity contribution in [3.8, 4) is 0 Å². The van der Waals surface area contributed by atoms with Crippen LogP contribution in [0.4, 0.5) is 5.69 Å². The molecule has 0 spiro atoms. The van der Waals surface area contributed by atoms with Crippen LogP contribution >= 0.6 is 0 Å². The first-order valence-electron chi connectivity index (χ1n) is 6.48. The summed E-state index contributed by atoms with van der Waals surface area (Å²) in [5.74, 6) is 0. The maximum absolute atomic E-state index is 12.5. The average Bonchev–Trinajstić information content (AvgIpc) is 2.80. The maximum atomic E-state index is 12.5. The molecule has 2 aromatic carbocycles. The molecule has 3 rings (SSSR count). The van der Waals surface area contributed by atoms with Crippen LogP contribution < -0.4 is 4.72 Å². The zero-order valence-electron chi connectivity index (χ0n) is 11.7. The van der Waals surface area contributed by atoms with Crippen molar-refractivity contribution in [1.29, 1.82) is 0 Å². The van der Waals surface area contributed by atoms with Crippen LogP contribution in [0.1, 0.15) is 5.69 Å². The third-order valence-electron chi connectivity index (χ3n) is 3.51. The quantitative estimate of drug-likeness (QED) is 0.809. The minimum Gasteiger partial charge on any atom is -0.279 e. The predicted molar refractivity (Wildman–Crippen MR) is 82.7 cm³/mol. The molecule has 5 nitrogen and oxygen atoms in total. The molecule has 0 aliphatic carbocycles. The highest BCUT2D eigenvalue weighted by Crippen LogP contribution is 2.26. The van der Waals surface area contributed by atoms with E-state index in [1.165, 1.54) is 10.9 Å². The van der Waals surface area contributed by atoms with Crippen LogP contribution in [-0.2, 0) is 17.1 Å². The van der Waals surface area contributed by atoms with Crippen LogP contribution in [-0.4, -0.2) is 18.2 Å². The van der Waals surface area contributed by atoms with Crippen molar-refractivity contribution in [2.45, 2.75) is 11.8 Å². The number of benzene rings is 2. The lowest BCUT2D eigenvalue weighted by atomic mass is 10.1. The lowest BCUT2D eigenvalue weighted by Gasteiger charge is -2.10. The van der Waals surface area contributed by atoms with E-state index in [4.69, 9.17) is 0 Å². The Morgan fingerprint density at radius 1 is 1.10 bits per heavy atom. The van der Waals surface area contributed by atoms with Crippen molar-refractivity contribution in [3.05, 3.63) is 54.4 Å². The Bertz CT molecular complexity index is 908. The Balaban J connectivity index is 2.08. The van der Waals surface area contributed by atoms with Gasteiger partial charge in [0.05, 0.1) is 17.6 Å². The van der Waals surface area contributed by atoms with Gasteiger partial charge in [-0.25, -0.2) is 8.42 Å². The Hall–Kier alpha value is -2.34. The molecular formula is C15H15N3O2S. The summed E-state index contributed by atoms with van der Waals surface area (Å²) in [5, 5.41) is 5.84. The number of nitrogens with zero attached hydrogens (tertiary/aromatic N) is 2. The van der Waals surface area contributed by atoms with E-state index < -0.39 is 10.0 Å². The van der Waals surface area contributed by atoms with Gasteiger partial charge in [-0.3, -0.25) is 9.40 Å². The number of sulfonamides is 1. The van der Waals surface area contributed by atoms with Crippen LogP contribution in [0.3, 0.4) is 0 Å². The van der Waals surface area contributed by atoms with Gasteiger partial charge in [0.15, 0.2) is 0 Å². The molecule has 1 aromatic heterocycles. The van der Waals surface area contributed by atoms with Crippen molar-refractivity contribution in [3.63, 3.8) is 0 Å². The number of aromatic nitrogens is 2. The van der Waals surface area contributed by atoms with Crippen LogP contribution in [0.5, 0.6) is 0 Å². The summed E-state index contributed by atoms with van der Waals surface area (Å²) in [6.45, 7) is 1.73. The lowest BCUT2D eigenvalue weighted by molar-refractivity contribution is 0.600. The van der Waals surface area contributed by atoms with Gasteiger partial charge in [0.25, 0.3) is 10.0 Å². The highest BCUT2D eigenvalue weighted by molar-refractivity contribution is 7.92. The summed E-state index contributed by atoms with van der Waals surface area (Å²) in [7, 11) is -1.93. The molecule has 0 saturated carbocycles. The van der Waals surface area contributed by atoms with E-state index in [0.717, 1.165) is 10.8 Å². The number of aryl methyl sites for hydroxylation is 1. The van der Waals surface area contributed by atoms with Gasteiger partial charge < -0.3 is 0 Å². The van der Waals surface area contributed by atoms with E-state index in [1.807, 2.05) is 36.4 Å². The third-order valence-corrected chi connectivity index (χ3v) is 4.98. The van der Waals surface area contributed by atoms with E-state index in [1.54, 1.807) is 20.0 Å². The summed E-state index contributed by atoms with van der Waals surface area (Å²) in [6.07, 6.45) is 1.36. The molecule has 21 heavy (non-hydrogen) atoms. The molecule has 108 valence electrons. The molecule has 1 heterocycles.